The monoisotopic (exact) mass is 243 g/mol. The van der Waals surface area contributed by atoms with E-state index in [1.807, 2.05) is 6.07 Å². The summed E-state index contributed by atoms with van der Waals surface area (Å²) < 4.78 is 5.84. The molecule has 3 aromatic rings. The van der Waals surface area contributed by atoms with Crippen LogP contribution < -0.4 is 5.73 Å². The van der Waals surface area contributed by atoms with Crippen molar-refractivity contribution >= 4 is 22.3 Å². The Morgan fingerprint density at radius 3 is 2.82 bits per heavy atom. The highest BCUT2D eigenvalue weighted by molar-refractivity contribution is 7.15. The number of rotatable bonds is 2. The summed E-state index contributed by atoms with van der Waals surface area (Å²) in [4.78, 5) is 2.32. The van der Waals surface area contributed by atoms with Gasteiger partial charge in [0.2, 0.25) is 0 Å². The Morgan fingerprint density at radius 2 is 2.06 bits per heavy atom. The fraction of sp³-hybridized carbons (Fsp3) is 0.143. The molecule has 0 aliphatic heterocycles. The zero-order chi connectivity index (χ0) is 11.8. The highest BCUT2D eigenvalue weighted by Crippen LogP contribution is 2.32. The first-order chi connectivity index (χ1) is 8.26. The zero-order valence-corrected chi connectivity index (χ0v) is 10.4. The van der Waals surface area contributed by atoms with Crippen LogP contribution in [0.3, 0.4) is 0 Å². The average molecular weight is 243 g/mol. The smallest absolute Gasteiger partial charge is 0.145 e. The van der Waals surface area contributed by atoms with Crippen LogP contribution >= 0.6 is 11.3 Å². The van der Waals surface area contributed by atoms with Gasteiger partial charge in [-0.25, -0.2) is 0 Å². The number of hydrogen-bond donors (Lipinski definition) is 1. The summed E-state index contributed by atoms with van der Waals surface area (Å²) >= 11 is 1.69. The van der Waals surface area contributed by atoms with E-state index in [1.54, 1.807) is 11.3 Å². The van der Waals surface area contributed by atoms with Gasteiger partial charge in [-0.3, -0.25) is 0 Å². The molecule has 0 saturated carbocycles. The lowest BCUT2D eigenvalue weighted by Gasteiger charge is -1.90. The van der Waals surface area contributed by atoms with Gasteiger partial charge in [-0.15, -0.1) is 11.3 Å². The molecule has 3 rings (SSSR count). The third-order valence-corrected chi connectivity index (χ3v) is 3.90. The Bertz CT molecular complexity index is 666. The Balaban J connectivity index is 2.11. The minimum atomic E-state index is 0.587. The van der Waals surface area contributed by atoms with Crippen LogP contribution in [0, 0.1) is 6.92 Å². The molecule has 0 spiro atoms. The third kappa shape index (κ3) is 1.88. The fourth-order valence-corrected chi connectivity index (χ4v) is 2.74. The summed E-state index contributed by atoms with van der Waals surface area (Å²) in [6.07, 6.45) is 0. The number of thiophene rings is 1. The molecule has 2 N–H and O–H groups in total. The standard InChI is InChI=1S/C14H13NOS/c1-9-2-4-12-10(6-9)7-13(16-12)14-5-3-11(8-15)17-14/h2-7H,8,15H2,1H3. The summed E-state index contributed by atoms with van der Waals surface area (Å²) in [5.41, 5.74) is 7.80. The fourth-order valence-electron chi connectivity index (χ4n) is 1.90. The lowest BCUT2D eigenvalue weighted by Crippen LogP contribution is -1.90. The first-order valence-corrected chi connectivity index (χ1v) is 6.37. The van der Waals surface area contributed by atoms with Gasteiger partial charge in [-0.1, -0.05) is 11.6 Å². The molecule has 0 radical (unpaired) electrons. The van der Waals surface area contributed by atoms with Crippen molar-refractivity contribution in [2.75, 3.05) is 0 Å². The lowest BCUT2D eigenvalue weighted by molar-refractivity contribution is 0.633. The molecule has 17 heavy (non-hydrogen) atoms. The molecular formula is C14H13NOS. The SMILES string of the molecule is Cc1ccc2oc(-c3ccc(CN)s3)cc2c1. The van der Waals surface area contributed by atoms with E-state index >= 15 is 0 Å². The number of hydrogen-bond acceptors (Lipinski definition) is 3. The maximum atomic E-state index is 5.84. The van der Waals surface area contributed by atoms with E-state index in [4.69, 9.17) is 10.2 Å². The van der Waals surface area contributed by atoms with E-state index in [0.29, 0.717) is 6.54 Å². The quantitative estimate of drug-likeness (QED) is 0.740. The molecule has 2 aromatic heterocycles. The van der Waals surface area contributed by atoms with E-state index in [-0.39, 0.29) is 0 Å². The second-order valence-corrected chi connectivity index (χ2v) is 5.29. The maximum Gasteiger partial charge on any atom is 0.145 e. The number of nitrogens with two attached hydrogens (primary N) is 1. The molecule has 3 heteroatoms. The Hall–Kier alpha value is -1.58. The Morgan fingerprint density at radius 1 is 1.18 bits per heavy atom. The molecule has 0 fully saturated rings. The van der Waals surface area contributed by atoms with Crippen molar-refractivity contribution < 1.29 is 4.42 Å². The van der Waals surface area contributed by atoms with E-state index in [2.05, 4.69) is 37.3 Å². The number of furan rings is 1. The van der Waals surface area contributed by atoms with Crippen molar-refractivity contribution in [3.63, 3.8) is 0 Å². The average Bonchev–Trinajstić information content (AvgIpc) is 2.93. The summed E-state index contributed by atoms with van der Waals surface area (Å²) in [6.45, 7) is 2.67. The molecule has 1 aromatic carbocycles. The van der Waals surface area contributed by atoms with Gasteiger partial charge < -0.3 is 10.2 Å². The van der Waals surface area contributed by atoms with Gasteiger partial charge in [0.15, 0.2) is 0 Å². The van der Waals surface area contributed by atoms with E-state index < -0.39 is 0 Å². The lowest BCUT2D eigenvalue weighted by atomic mass is 10.2. The molecule has 2 heterocycles. The largest absolute Gasteiger partial charge is 0.455 e. The van der Waals surface area contributed by atoms with Crippen LogP contribution in [0.25, 0.3) is 21.6 Å². The van der Waals surface area contributed by atoms with Crippen LogP contribution in [0.2, 0.25) is 0 Å². The van der Waals surface area contributed by atoms with Crippen molar-refractivity contribution in [1.82, 2.24) is 0 Å². The van der Waals surface area contributed by atoms with Crippen molar-refractivity contribution in [1.29, 1.82) is 0 Å². The van der Waals surface area contributed by atoms with Crippen LogP contribution in [-0.4, -0.2) is 0 Å². The first kappa shape index (κ1) is 10.6. The summed E-state index contributed by atoms with van der Waals surface area (Å²) in [7, 11) is 0. The van der Waals surface area contributed by atoms with E-state index in [9.17, 15) is 0 Å². The van der Waals surface area contributed by atoms with Gasteiger partial charge in [0.25, 0.3) is 0 Å². The minimum Gasteiger partial charge on any atom is -0.455 e. The molecule has 0 aliphatic carbocycles. The molecule has 86 valence electrons. The molecule has 0 aliphatic rings. The van der Waals surface area contributed by atoms with Gasteiger partial charge in [-0.05, 0) is 37.3 Å². The van der Waals surface area contributed by atoms with E-state index in [1.165, 1.54) is 10.4 Å². The summed E-state index contributed by atoms with van der Waals surface area (Å²) in [5, 5.41) is 1.16. The number of aryl methyl sites for hydroxylation is 1. The molecule has 0 unspecified atom stereocenters. The highest BCUT2D eigenvalue weighted by atomic mass is 32.1. The molecule has 0 amide bonds. The molecule has 0 atom stereocenters. The molecular weight excluding hydrogens is 230 g/mol. The zero-order valence-electron chi connectivity index (χ0n) is 9.57. The first-order valence-electron chi connectivity index (χ1n) is 5.55. The van der Waals surface area contributed by atoms with Crippen LogP contribution in [0.1, 0.15) is 10.4 Å². The van der Waals surface area contributed by atoms with Crippen molar-refractivity contribution in [2.45, 2.75) is 13.5 Å². The summed E-state index contributed by atoms with van der Waals surface area (Å²) in [5.74, 6) is 0.926. The van der Waals surface area contributed by atoms with Gasteiger partial charge in [0.1, 0.15) is 11.3 Å². The van der Waals surface area contributed by atoms with Crippen molar-refractivity contribution in [3.8, 4) is 10.6 Å². The van der Waals surface area contributed by atoms with Crippen LogP contribution in [0.15, 0.2) is 40.8 Å². The van der Waals surface area contributed by atoms with Gasteiger partial charge in [-0.2, -0.15) is 0 Å². The Labute approximate surface area is 104 Å². The molecule has 0 bridgehead atoms. The van der Waals surface area contributed by atoms with Gasteiger partial charge in [0.05, 0.1) is 4.88 Å². The Kier molecular flexibility index (Phi) is 2.50. The molecule has 0 saturated heterocycles. The van der Waals surface area contributed by atoms with Crippen LogP contribution in [0.5, 0.6) is 0 Å². The normalized spacial score (nSPS) is 11.2. The predicted octanol–water partition coefficient (Wildman–Crippen LogP) is 3.93. The topological polar surface area (TPSA) is 39.2 Å². The van der Waals surface area contributed by atoms with E-state index in [0.717, 1.165) is 21.6 Å². The maximum absolute atomic E-state index is 5.84. The molecule has 2 nitrogen and oxygen atoms in total. The van der Waals surface area contributed by atoms with Crippen molar-refractivity contribution in [3.05, 3.63) is 46.8 Å². The number of benzene rings is 1. The predicted molar refractivity (Wildman–Crippen MR) is 72.2 cm³/mol. The van der Waals surface area contributed by atoms with Crippen LogP contribution in [-0.2, 0) is 6.54 Å². The third-order valence-electron chi connectivity index (χ3n) is 2.78. The van der Waals surface area contributed by atoms with Crippen LogP contribution in [0.4, 0.5) is 0 Å². The number of fused-ring (bicyclic) bond motifs is 1. The summed E-state index contributed by atoms with van der Waals surface area (Å²) in [6, 6.07) is 12.4. The van der Waals surface area contributed by atoms with Crippen molar-refractivity contribution in [2.24, 2.45) is 5.73 Å². The second-order valence-electron chi connectivity index (χ2n) is 4.12. The van der Waals surface area contributed by atoms with Gasteiger partial charge >= 0.3 is 0 Å². The second kappa shape index (κ2) is 4.02. The minimum absolute atomic E-state index is 0.587. The van der Waals surface area contributed by atoms with Gasteiger partial charge in [0, 0.05) is 16.8 Å². The highest BCUT2D eigenvalue weighted by Gasteiger charge is 2.08.